The Morgan fingerprint density at radius 2 is 1.58 bits per heavy atom. The van der Waals surface area contributed by atoms with Crippen LogP contribution in [0, 0.1) is 34.6 Å². The van der Waals surface area contributed by atoms with Gasteiger partial charge in [0.05, 0.1) is 5.52 Å². The maximum absolute atomic E-state index is 11.9. The van der Waals surface area contributed by atoms with Crippen molar-refractivity contribution >= 4 is 21.9 Å². The summed E-state index contributed by atoms with van der Waals surface area (Å²) in [6, 6.07) is 2.13. The number of aromatic nitrogens is 1. The van der Waals surface area contributed by atoms with Gasteiger partial charge in [-0.1, -0.05) is 0 Å². The number of furan rings is 1. The zero-order chi connectivity index (χ0) is 13.9. The van der Waals surface area contributed by atoms with Crippen LogP contribution in [0.4, 0.5) is 0 Å². The van der Waals surface area contributed by atoms with Crippen molar-refractivity contribution in [3.8, 4) is 0 Å². The maximum atomic E-state index is 11.9. The lowest BCUT2D eigenvalue weighted by atomic mass is 9.99. The second kappa shape index (κ2) is 3.73. The van der Waals surface area contributed by atoms with Gasteiger partial charge >= 0.3 is 0 Å². The van der Waals surface area contributed by atoms with Gasteiger partial charge in [-0.3, -0.25) is 4.79 Å². The molecule has 19 heavy (non-hydrogen) atoms. The first-order chi connectivity index (χ1) is 8.91. The number of fused-ring (bicyclic) bond motifs is 2. The SMILES string of the molecule is Cc1oc2c(C)c3[nH]c(=O)c(C)c(C)c3cc2c1C. The largest absolute Gasteiger partial charge is 0.461 e. The molecule has 0 amide bonds. The normalized spacial score (nSPS) is 11.6. The molecular weight excluding hydrogens is 238 g/mol. The van der Waals surface area contributed by atoms with E-state index in [1.54, 1.807) is 0 Å². The Morgan fingerprint density at radius 3 is 2.26 bits per heavy atom. The van der Waals surface area contributed by atoms with Gasteiger partial charge in [0.2, 0.25) is 0 Å². The van der Waals surface area contributed by atoms with Gasteiger partial charge in [-0.15, -0.1) is 0 Å². The van der Waals surface area contributed by atoms with Gasteiger partial charge in [0, 0.05) is 21.9 Å². The van der Waals surface area contributed by atoms with Crippen molar-refractivity contribution in [1.82, 2.24) is 4.98 Å². The number of H-pyrrole nitrogens is 1. The molecule has 98 valence electrons. The number of hydrogen-bond acceptors (Lipinski definition) is 2. The number of aryl methyl sites for hydroxylation is 4. The van der Waals surface area contributed by atoms with E-state index in [9.17, 15) is 4.79 Å². The van der Waals surface area contributed by atoms with E-state index < -0.39 is 0 Å². The molecule has 3 rings (SSSR count). The van der Waals surface area contributed by atoms with Crippen LogP contribution in [0.5, 0.6) is 0 Å². The number of rotatable bonds is 0. The van der Waals surface area contributed by atoms with Gasteiger partial charge in [0.15, 0.2) is 0 Å². The first kappa shape index (κ1) is 12.0. The Hall–Kier alpha value is -2.03. The van der Waals surface area contributed by atoms with E-state index >= 15 is 0 Å². The topological polar surface area (TPSA) is 46.0 Å². The Kier molecular flexibility index (Phi) is 2.36. The summed E-state index contributed by atoms with van der Waals surface area (Å²) in [5, 5.41) is 2.24. The van der Waals surface area contributed by atoms with E-state index in [-0.39, 0.29) is 5.56 Å². The quantitative estimate of drug-likeness (QED) is 0.663. The molecule has 0 radical (unpaired) electrons. The molecule has 0 saturated heterocycles. The zero-order valence-corrected chi connectivity index (χ0v) is 11.9. The van der Waals surface area contributed by atoms with E-state index in [0.29, 0.717) is 0 Å². The highest BCUT2D eigenvalue weighted by atomic mass is 16.3. The molecule has 2 aromatic heterocycles. The van der Waals surface area contributed by atoms with E-state index in [2.05, 4.69) is 18.0 Å². The molecule has 3 aromatic rings. The third-order valence-corrected chi connectivity index (χ3v) is 4.25. The molecule has 2 heterocycles. The molecule has 0 atom stereocenters. The highest BCUT2D eigenvalue weighted by Crippen LogP contribution is 2.33. The lowest BCUT2D eigenvalue weighted by Gasteiger charge is -2.08. The fourth-order valence-corrected chi connectivity index (χ4v) is 2.67. The third kappa shape index (κ3) is 1.47. The predicted octanol–water partition coefficient (Wildman–Crippen LogP) is 3.82. The van der Waals surface area contributed by atoms with Crippen LogP contribution >= 0.6 is 0 Å². The highest BCUT2D eigenvalue weighted by Gasteiger charge is 2.15. The predicted molar refractivity (Wildman–Crippen MR) is 78.0 cm³/mol. The summed E-state index contributed by atoms with van der Waals surface area (Å²) < 4.78 is 5.83. The average Bonchev–Trinajstić information content (AvgIpc) is 2.66. The Balaban J connectivity index is 2.65. The van der Waals surface area contributed by atoms with Crippen molar-refractivity contribution in [2.75, 3.05) is 0 Å². The molecule has 3 heteroatoms. The first-order valence-corrected chi connectivity index (χ1v) is 6.44. The maximum Gasteiger partial charge on any atom is 0.251 e. The zero-order valence-electron chi connectivity index (χ0n) is 11.9. The first-order valence-electron chi connectivity index (χ1n) is 6.44. The summed E-state index contributed by atoms with van der Waals surface area (Å²) in [5.74, 6) is 0.935. The fraction of sp³-hybridized carbons (Fsp3) is 0.312. The second-order valence-corrected chi connectivity index (χ2v) is 5.29. The lowest BCUT2D eigenvalue weighted by molar-refractivity contribution is 0.573. The summed E-state index contributed by atoms with van der Waals surface area (Å²) in [6.07, 6.45) is 0. The van der Waals surface area contributed by atoms with E-state index in [4.69, 9.17) is 4.42 Å². The summed E-state index contributed by atoms with van der Waals surface area (Å²) in [6.45, 7) is 9.90. The minimum atomic E-state index is -0.0209. The molecule has 3 nitrogen and oxygen atoms in total. The van der Waals surface area contributed by atoms with Crippen molar-refractivity contribution < 1.29 is 4.42 Å². The number of benzene rings is 1. The average molecular weight is 255 g/mol. The number of hydrogen-bond donors (Lipinski definition) is 1. The summed E-state index contributed by atoms with van der Waals surface area (Å²) in [7, 11) is 0. The second-order valence-electron chi connectivity index (χ2n) is 5.29. The fourth-order valence-electron chi connectivity index (χ4n) is 2.67. The molecule has 0 bridgehead atoms. The van der Waals surface area contributed by atoms with E-state index in [1.807, 2.05) is 27.7 Å². The molecule has 0 aliphatic rings. The Bertz CT molecular complexity index is 882. The van der Waals surface area contributed by atoms with Crippen molar-refractivity contribution in [3.05, 3.63) is 44.4 Å². The van der Waals surface area contributed by atoms with Crippen molar-refractivity contribution in [1.29, 1.82) is 0 Å². The molecule has 0 saturated carbocycles. The van der Waals surface area contributed by atoms with Crippen molar-refractivity contribution in [3.63, 3.8) is 0 Å². The van der Waals surface area contributed by atoms with Crippen LogP contribution in [0.1, 0.15) is 28.0 Å². The molecule has 1 aromatic carbocycles. The number of nitrogens with one attached hydrogen (secondary N) is 1. The van der Waals surface area contributed by atoms with Gasteiger partial charge in [0.1, 0.15) is 11.3 Å². The van der Waals surface area contributed by atoms with Crippen LogP contribution in [-0.4, -0.2) is 4.98 Å². The van der Waals surface area contributed by atoms with Crippen LogP contribution in [0.15, 0.2) is 15.3 Å². The molecule has 1 N–H and O–H groups in total. The molecule has 0 aliphatic heterocycles. The van der Waals surface area contributed by atoms with Crippen molar-refractivity contribution in [2.45, 2.75) is 34.6 Å². The van der Waals surface area contributed by atoms with Crippen LogP contribution in [-0.2, 0) is 0 Å². The monoisotopic (exact) mass is 255 g/mol. The highest BCUT2D eigenvalue weighted by molar-refractivity contribution is 6.00. The van der Waals surface area contributed by atoms with Gasteiger partial charge in [-0.2, -0.15) is 0 Å². The van der Waals surface area contributed by atoms with Crippen LogP contribution in [0.2, 0.25) is 0 Å². The molecule has 0 fully saturated rings. The summed E-state index contributed by atoms with van der Waals surface area (Å²) in [4.78, 5) is 14.9. The molecule has 0 aliphatic carbocycles. The minimum absolute atomic E-state index is 0.0209. The standard InChI is InChI=1S/C16H17NO2/c1-7-8(2)16(18)17-14-10(4)15-13(6-12(7)14)9(3)11(5)19-15/h6H,1-5H3,(H,17,18). The Labute approximate surface area is 111 Å². The van der Waals surface area contributed by atoms with Crippen LogP contribution < -0.4 is 5.56 Å². The van der Waals surface area contributed by atoms with Crippen LogP contribution in [0.3, 0.4) is 0 Å². The van der Waals surface area contributed by atoms with Crippen LogP contribution in [0.25, 0.3) is 21.9 Å². The smallest absolute Gasteiger partial charge is 0.251 e. The van der Waals surface area contributed by atoms with Gasteiger partial charge < -0.3 is 9.40 Å². The van der Waals surface area contributed by atoms with Crippen molar-refractivity contribution in [2.24, 2.45) is 0 Å². The van der Waals surface area contributed by atoms with E-state index in [0.717, 1.165) is 44.3 Å². The van der Waals surface area contributed by atoms with E-state index in [1.165, 1.54) is 5.56 Å². The molecular formula is C16H17NO2. The van der Waals surface area contributed by atoms with Gasteiger partial charge in [0.25, 0.3) is 5.56 Å². The molecule has 0 unspecified atom stereocenters. The number of aromatic amines is 1. The molecule has 0 spiro atoms. The summed E-state index contributed by atoms with van der Waals surface area (Å²) >= 11 is 0. The number of pyridine rings is 1. The van der Waals surface area contributed by atoms with Gasteiger partial charge in [-0.25, -0.2) is 0 Å². The lowest BCUT2D eigenvalue weighted by Crippen LogP contribution is -2.12. The third-order valence-electron chi connectivity index (χ3n) is 4.25. The Morgan fingerprint density at radius 1 is 0.895 bits per heavy atom. The summed E-state index contributed by atoms with van der Waals surface area (Å²) in [5.41, 5.74) is 5.74. The minimum Gasteiger partial charge on any atom is -0.461 e. The van der Waals surface area contributed by atoms with Gasteiger partial charge in [-0.05, 0) is 51.8 Å².